The fraction of sp³-hybridized carbons (Fsp3) is 0.467. The Labute approximate surface area is 115 Å². The lowest BCUT2D eigenvalue weighted by Gasteiger charge is -2.16. The molecule has 0 spiro atoms. The van der Waals surface area contributed by atoms with Crippen LogP contribution >= 0.6 is 0 Å². The van der Waals surface area contributed by atoms with Gasteiger partial charge in [-0.15, -0.1) is 6.58 Å². The van der Waals surface area contributed by atoms with Gasteiger partial charge in [0, 0.05) is 0 Å². The molecule has 0 bridgehead atoms. The fourth-order valence-electron chi connectivity index (χ4n) is 1.73. The van der Waals surface area contributed by atoms with E-state index in [0.29, 0.717) is 0 Å². The zero-order valence-electron chi connectivity index (χ0n) is 11.5. The molecule has 0 aromatic carbocycles. The molecule has 106 valence electrons. The quantitative estimate of drug-likeness (QED) is 0.455. The van der Waals surface area contributed by atoms with Gasteiger partial charge in [0.2, 0.25) is 11.8 Å². The third-order valence-corrected chi connectivity index (χ3v) is 2.88. The number of rotatable bonds is 5. The number of amides is 2. The van der Waals surface area contributed by atoms with Crippen LogP contribution in [0.1, 0.15) is 32.1 Å². The Hall–Kier alpha value is -1.84. The van der Waals surface area contributed by atoms with Gasteiger partial charge in [-0.1, -0.05) is 38.5 Å². The van der Waals surface area contributed by atoms with Crippen LogP contribution in [-0.2, 0) is 9.59 Å². The highest BCUT2D eigenvalue weighted by Crippen LogP contribution is 2.23. The average molecular weight is 264 g/mol. The highest BCUT2D eigenvalue weighted by Gasteiger charge is 2.07. The maximum atomic E-state index is 10.5. The topological polar surface area (TPSA) is 58.2 Å². The van der Waals surface area contributed by atoms with E-state index in [2.05, 4.69) is 36.4 Å². The van der Waals surface area contributed by atoms with Crippen LogP contribution in [-0.4, -0.2) is 18.5 Å². The van der Waals surface area contributed by atoms with Crippen molar-refractivity contribution >= 4 is 11.8 Å². The van der Waals surface area contributed by atoms with Crippen LogP contribution < -0.4 is 10.6 Å². The van der Waals surface area contributed by atoms with Gasteiger partial charge in [-0.25, -0.2) is 0 Å². The average Bonchev–Trinajstić information content (AvgIpc) is 2.48. The SMILES string of the molecule is C=CC(=O)NCNC(=O)C=C.C=CC1CCCCC1. The van der Waals surface area contributed by atoms with E-state index in [1.807, 2.05) is 0 Å². The van der Waals surface area contributed by atoms with Gasteiger partial charge in [-0.2, -0.15) is 0 Å². The van der Waals surface area contributed by atoms with Crippen molar-refractivity contribution in [2.45, 2.75) is 32.1 Å². The van der Waals surface area contributed by atoms with E-state index in [1.165, 1.54) is 32.1 Å². The zero-order valence-corrected chi connectivity index (χ0v) is 11.5. The van der Waals surface area contributed by atoms with E-state index in [-0.39, 0.29) is 18.5 Å². The van der Waals surface area contributed by atoms with Crippen molar-refractivity contribution in [2.24, 2.45) is 5.92 Å². The first-order valence-electron chi connectivity index (χ1n) is 6.57. The zero-order chi connectivity index (χ0) is 14.5. The number of carbonyl (C=O) groups excluding carboxylic acids is 2. The van der Waals surface area contributed by atoms with Crippen LogP contribution in [0, 0.1) is 5.92 Å². The van der Waals surface area contributed by atoms with Crippen molar-refractivity contribution in [3.8, 4) is 0 Å². The Balaban J connectivity index is 0.000000356. The molecule has 0 radical (unpaired) electrons. The molecule has 1 aliphatic rings. The van der Waals surface area contributed by atoms with E-state index in [4.69, 9.17) is 0 Å². The minimum Gasteiger partial charge on any atom is -0.335 e. The van der Waals surface area contributed by atoms with Gasteiger partial charge < -0.3 is 10.6 Å². The third-order valence-electron chi connectivity index (χ3n) is 2.88. The molecule has 0 unspecified atom stereocenters. The molecule has 1 aliphatic carbocycles. The monoisotopic (exact) mass is 264 g/mol. The number of nitrogens with one attached hydrogen (secondary N) is 2. The molecule has 0 heterocycles. The Morgan fingerprint density at radius 1 is 0.947 bits per heavy atom. The molecule has 1 saturated carbocycles. The lowest BCUT2D eigenvalue weighted by molar-refractivity contribution is -0.118. The van der Waals surface area contributed by atoms with Gasteiger partial charge in [0.1, 0.15) is 0 Å². The Morgan fingerprint density at radius 2 is 1.42 bits per heavy atom. The van der Waals surface area contributed by atoms with Crippen molar-refractivity contribution in [3.05, 3.63) is 38.0 Å². The molecule has 0 atom stereocenters. The molecule has 0 aromatic heterocycles. The van der Waals surface area contributed by atoms with Crippen LogP contribution in [0.25, 0.3) is 0 Å². The van der Waals surface area contributed by atoms with E-state index in [1.54, 1.807) is 0 Å². The molecule has 4 heteroatoms. The van der Waals surface area contributed by atoms with Crippen molar-refractivity contribution in [2.75, 3.05) is 6.67 Å². The molecule has 0 aliphatic heterocycles. The predicted octanol–water partition coefficient (Wildman–Crippen LogP) is 2.30. The molecule has 4 nitrogen and oxygen atoms in total. The summed E-state index contributed by atoms with van der Waals surface area (Å²) < 4.78 is 0. The van der Waals surface area contributed by atoms with Crippen LogP contribution in [0.4, 0.5) is 0 Å². The van der Waals surface area contributed by atoms with E-state index in [0.717, 1.165) is 18.1 Å². The third kappa shape index (κ3) is 9.83. The summed E-state index contributed by atoms with van der Waals surface area (Å²) in [5.74, 6) is 0.201. The van der Waals surface area contributed by atoms with Crippen LogP contribution in [0.2, 0.25) is 0 Å². The molecular weight excluding hydrogens is 240 g/mol. The second kappa shape index (κ2) is 11.3. The summed E-state index contributed by atoms with van der Waals surface area (Å²) in [6.45, 7) is 10.3. The number of hydrogen-bond acceptors (Lipinski definition) is 2. The van der Waals surface area contributed by atoms with Crippen LogP contribution in [0.5, 0.6) is 0 Å². The van der Waals surface area contributed by atoms with Crippen LogP contribution in [0.3, 0.4) is 0 Å². The first-order valence-corrected chi connectivity index (χ1v) is 6.57. The van der Waals surface area contributed by atoms with E-state index < -0.39 is 0 Å². The highest BCUT2D eigenvalue weighted by atomic mass is 16.2. The minimum atomic E-state index is -0.325. The second-order valence-corrected chi connectivity index (χ2v) is 4.30. The summed E-state index contributed by atoms with van der Waals surface area (Å²) in [6, 6.07) is 0. The van der Waals surface area contributed by atoms with Crippen molar-refractivity contribution < 1.29 is 9.59 Å². The standard InChI is InChI=1S/C8H14.C7H10N2O2/c1-2-8-6-4-3-5-7-8;1-3-6(10)8-5-9-7(11)4-2/h2,8H,1,3-7H2;3-4H,1-2,5H2,(H,8,10)(H,9,11). The van der Waals surface area contributed by atoms with Gasteiger partial charge in [0.15, 0.2) is 0 Å². The molecular formula is C15H24N2O2. The lowest BCUT2D eigenvalue weighted by atomic mass is 9.90. The molecule has 2 N–H and O–H groups in total. The van der Waals surface area contributed by atoms with Gasteiger partial charge >= 0.3 is 0 Å². The lowest BCUT2D eigenvalue weighted by Crippen LogP contribution is -2.35. The molecule has 0 aromatic rings. The number of allylic oxidation sites excluding steroid dienone is 1. The summed E-state index contributed by atoms with van der Waals surface area (Å²) in [4.78, 5) is 21.0. The van der Waals surface area contributed by atoms with Gasteiger partial charge in [0.25, 0.3) is 0 Å². The maximum absolute atomic E-state index is 10.5. The molecule has 19 heavy (non-hydrogen) atoms. The van der Waals surface area contributed by atoms with E-state index >= 15 is 0 Å². The van der Waals surface area contributed by atoms with E-state index in [9.17, 15) is 9.59 Å². The summed E-state index contributed by atoms with van der Waals surface area (Å²) in [5, 5.41) is 4.72. The Kier molecular flexibility index (Phi) is 10.2. The first kappa shape index (κ1) is 17.2. The summed E-state index contributed by atoms with van der Waals surface area (Å²) in [7, 11) is 0. The number of carbonyl (C=O) groups is 2. The summed E-state index contributed by atoms with van der Waals surface area (Å²) in [5.41, 5.74) is 0. The van der Waals surface area contributed by atoms with Gasteiger partial charge in [-0.3, -0.25) is 9.59 Å². The van der Waals surface area contributed by atoms with Crippen molar-refractivity contribution in [1.82, 2.24) is 10.6 Å². The largest absolute Gasteiger partial charge is 0.335 e. The molecule has 1 rings (SSSR count). The minimum absolute atomic E-state index is 0.0930. The summed E-state index contributed by atoms with van der Waals surface area (Å²) in [6.07, 6.45) is 11.4. The summed E-state index contributed by atoms with van der Waals surface area (Å²) >= 11 is 0. The van der Waals surface area contributed by atoms with Crippen molar-refractivity contribution in [1.29, 1.82) is 0 Å². The normalized spacial score (nSPS) is 14.3. The highest BCUT2D eigenvalue weighted by molar-refractivity contribution is 5.89. The maximum Gasteiger partial charge on any atom is 0.244 e. The van der Waals surface area contributed by atoms with Crippen molar-refractivity contribution in [3.63, 3.8) is 0 Å². The fourth-order valence-corrected chi connectivity index (χ4v) is 1.73. The van der Waals surface area contributed by atoms with Gasteiger partial charge in [0.05, 0.1) is 6.67 Å². The Morgan fingerprint density at radius 3 is 1.74 bits per heavy atom. The molecule has 2 amide bonds. The molecule has 1 fully saturated rings. The smallest absolute Gasteiger partial charge is 0.244 e. The predicted molar refractivity (Wildman–Crippen MR) is 78.3 cm³/mol. The first-order chi connectivity index (χ1) is 9.13. The second-order valence-electron chi connectivity index (χ2n) is 4.30. The molecule has 0 saturated heterocycles. The van der Waals surface area contributed by atoms with Crippen LogP contribution in [0.15, 0.2) is 38.0 Å². The Bertz CT molecular complexity index is 298. The number of hydrogen-bond donors (Lipinski definition) is 2. The van der Waals surface area contributed by atoms with Gasteiger partial charge in [-0.05, 0) is 30.9 Å².